The predicted molar refractivity (Wildman–Crippen MR) is 33.6 cm³/mol. The molecule has 0 saturated heterocycles. The maximum absolute atomic E-state index is 10.1. The van der Waals surface area contributed by atoms with Crippen molar-refractivity contribution in [2.45, 2.75) is 6.92 Å². The highest BCUT2D eigenvalue weighted by Crippen LogP contribution is 2.02. The molecule has 1 aromatic rings. The molecule has 1 aromatic heterocycles. The summed E-state index contributed by atoms with van der Waals surface area (Å²) in [6.07, 6.45) is 2.09. The van der Waals surface area contributed by atoms with Crippen LogP contribution in [0.25, 0.3) is 0 Å². The Bertz CT molecular complexity index is 231. The van der Waals surface area contributed by atoms with Crippen LogP contribution >= 0.6 is 11.8 Å². The lowest BCUT2D eigenvalue weighted by Crippen LogP contribution is -1.88. The first-order valence-corrected chi connectivity index (χ1v) is 2.75. The van der Waals surface area contributed by atoms with Crippen LogP contribution in [0, 0.1) is 6.92 Å². The summed E-state index contributed by atoms with van der Waals surface area (Å²) in [6, 6.07) is 0. The molecule has 0 fully saturated rings. The summed E-state index contributed by atoms with van der Waals surface area (Å²) < 4.78 is 1.22. The van der Waals surface area contributed by atoms with Gasteiger partial charge in [0.15, 0.2) is 6.29 Å². The van der Waals surface area contributed by atoms with E-state index in [0.29, 0.717) is 17.8 Å². The van der Waals surface area contributed by atoms with E-state index >= 15 is 0 Å². The third-order valence-electron chi connectivity index (χ3n) is 1.02. The first kappa shape index (κ1) is 6.29. The minimum Gasteiger partial charge on any atom is -0.296 e. The zero-order valence-electron chi connectivity index (χ0n) is 4.84. The first-order chi connectivity index (χ1) is 4.25. The van der Waals surface area contributed by atoms with Crippen LogP contribution in [0.3, 0.4) is 0 Å². The van der Waals surface area contributed by atoms with Gasteiger partial charge in [-0.25, -0.2) is 9.07 Å². The summed E-state index contributed by atoms with van der Waals surface area (Å²) in [5.74, 6) is 0.624. The highest BCUT2D eigenvalue weighted by atomic mass is 35.5. The maximum atomic E-state index is 10.1. The molecular weight excluding hydrogens is 140 g/mol. The average Bonchev–Trinajstić information content (AvgIpc) is 2.15. The van der Waals surface area contributed by atoms with E-state index in [1.807, 2.05) is 0 Å². The van der Waals surface area contributed by atoms with Crippen LogP contribution in [0.1, 0.15) is 16.3 Å². The largest absolute Gasteiger partial charge is 0.296 e. The number of hydrogen-bond acceptors (Lipinski definition) is 2. The van der Waals surface area contributed by atoms with E-state index in [-0.39, 0.29) is 0 Å². The number of carbonyl (C=O) groups excluding carboxylic acids is 1. The number of rotatable bonds is 1. The number of nitrogens with zero attached hydrogens (tertiary/aromatic N) is 2. The van der Waals surface area contributed by atoms with Crippen molar-refractivity contribution in [2.75, 3.05) is 0 Å². The normalized spacial score (nSPS) is 9.56. The maximum Gasteiger partial charge on any atom is 0.169 e. The number of aromatic nitrogens is 2. The lowest BCUT2D eigenvalue weighted by atomic mass is 10.5. The summed E-state index contributed by atoms with van der Waals surface area (Å²) >= 11 is 5.53. The predicted octanol–water partition coefficient (Wildman–Crippen LogP) is 1.01. The second kappa shape index (κ2) is 2.19. The molecule has 0 amide bonds. The van der Waals surface area contributed by atoms with Gasteiger partial charge in [-0.05, 0) is 6.92 Å². The molecule has 48 valence electrons. The summed E-state index contributed by atoms with van der Waals surface area (Å²) in [6.45, 7) is 1.72. The van der Waals surface area contributed by atoms with Crippen molar-refractivity contribution < 1.29 is 4.79 Å². The van der Waals surface area contributed by atoms with Gasteiger partial charge in [0.25, 0.3) is 0 Å². The van der Waals surface area contributed by atoms with Gasteiger partial charge in [0, 0.05) is 11.8 Å². The second-order valence-corrected chi connectivity index (χ2v) is 1.97. The molecule has 1 rings (SSSR count). The smallest absolute Gasteiger partial charge is 0.169 e. The highest BCUT2D eigenvalue weighted by Gasteiger charge is 2.00. The Kier molecular flexibility index (Phi) is 1.53. The number of hydrogen-bond donors (Lipinski definition) is 0. The summed E-state index contributed by atoms with van der Waals surface area (Å²) in [4.78, 5) is 13.9. The zero-order chi connectivity index (χ0) is 6.85. The van der Waals surface area contributed by atoms with Gasteiger partial charge in [0.2, 0.25) is 0 Å². The Hall–Kier alpha value is -0.830. The number of aldehydes is 1. The Morgan fingerprint density at radius 3 is 2.78 bits per heavy atom. The Labute approximate surface area is 57.4 Å². The molecule has 0 radical (unpaired) electrons. The third kappa shape index (κ3) is 0.954. The molecule has 0 N–H and O–H groups in total. The van der Waals surface area contributed by atoms with Crippen molar-refractivity contribution in [3.63, 3.8) is 0 Å². The summed E-state index contributed by atoms with van der Waals surface area (Å²) in [5.41, 5.74) is 0.383. The van der Waals surface area contributed by atoms with Gasteiger partial charge in [-0.2, -0.15) is 0 Å². The van der Waals surface area contributed by atoms with Gasteiger partial charge in [-0.15, -0.1) is 0 Å². The SMILES string of the molecule is Cc1ncc(C=O)n1Cl. The Morgan fingerprint density at radius 1 is 1.89 bits per heavy atom. The number of aryl methyl sites for hydroxylation is 1. The van der Waals surface area contributed by atoms with Gasteiger partial charge in [-0.3, -0.25) is 4.79 Å². The van der Waals surface area contributed by atoms with Crippen molar-refractivity contribution in [1.29, 1.82) is 0 Å². The van der Waals surface area contributed by atoms with Crippen LogP contribution in [0.5, 0.6) is 0 Å². The van der Waals surface area contributed by atoms with Crippen LogP contribution in [0.2, 0.25) is 0 Å². The molecule has 3 nitrogen and oxygen atoms in total. The molecule has 0 bridgehead atoms. The summed E-state index contributed by atoms with van der Waals surface area (Å²) in [5, 5.41) is 0. The van der Waals surface area contributed by atoms with Gasteiger partial charge < -0.3 is 0 Å². The summed E-state index contributed by atoms with van der Waals surface area (Å²) in [7, 11) is 0. The lowest BCUT2D eigenvalue weighted by molar-refractivity contribution is 0.111. The van der Waals surface area contributed by atoms with Gasteiger partial charge in [0.05, 0.1) is 6.20 Å². The molecule has 0 saturated carbocycles. The number of imidazole rings is 1. The molecule has 0 aromatic carbocycles. The van der Waals surface area contributed by atoms with E-state index in [4.69, 9.17) is 11.8 Å². The van der Waals surface area contributed by atoms with Crippen LogP contribution in [-0.2, 0) is 0 Å². The lowest BCUT2D eigenvalue weighted by Gasteiger charge is -1.88. The van der Waals surface area contributed by atoms with Gasteiger partial charge in [0.1, 0.15) is 11.5 Å². The minimum atomic E-state index is 0.383. The van der Waals surface area contributed by atoms with Crippen molar-refractivity contribution in [3.05, 3.63) is 17.7 Å². The Morgan fingerprint density at radius 2 is 2.56 bits per heavy atom. The molecule has 0 aliphatic rings. The number of carbonyl (C=O) groups is 1. The second-order valence-electron chi connectivity index (χ2n) is 1.63. The van der Waals surface area contributed by atoms with E-state index in [9.17, 15) is 4.79 Å². The van der Waals surface area contributed by atoms with Crippen molar-refractivity contribution in [1.82, 2.24) is 9.07 Å². The molecule has 0 atom stereocenters. The van der Waals surface area contributed by atoms with Gasteiger partial charge in [-0.1, -0.05) is 0 Å². The standard InChI is InChI=1S/C5H5ClN2O/c1-4-7-2-5(3-9)8(4)6/h2-3H,1H3. The van der Waals surface area contributed by atoms with Crippen molar-refractivity contribution in [3.8, 4) is 0 Å². The minimum absolute atomic E-state index is 0.383. The van der Waals surface area contributed by atoms with Crippen molar-refractivity contribution >= 4 is 18.1 Å². The van der Waals surface area contributed by atoms with E-state index in [0.717, 1.165) is 0 Å². The van der Waals surface area contributed by atoms with Crippen LogP contribution < -0.4 is 0 Å². The molecule has 0 unspecified atom stereocenters. The quantitative estimate of drug-likeness (QED) is 0.552. The van der Waals surface area contributed by atoms with Crippen LogP contribution in [0.4, 0.5) is 0 Å². The van der Waals surface area contributed by atoms with E-state index in [1.165, 1.54) is 10.3 Å². The molecule has 0 spiro atoms. The fraction of sp³-hybridized carbons (Fsp3) is 0.200. The van der Waals surface area contributed by atoms with Gasteiger partial charge >= 0.3 is 0 Å². The molecule has 4 heteroatoms. The molecule has 0 aliphatic heterocycles. The average molecular weight is 145 g/mol. The van der Waals surface area contributed by atoms with Crippen molar-refractivity contribution in [2.24, 2.45) is 0 Å². The molecule has 9 heavy (non-hydrogen) atoms. The highest BCUT2D eigenvalue weighted by molar-refractivity contribution is 6.17. The fourth-order valence-corrected chi connectivity index (χ4v) is 0.652. The van der Waals surface area contributed by atoms with E-state index < -0.39 is 0 Å². The topological polar surface area (TPSA) is 34.9 Å². The van der Waals surface area contributed by atoms with Crippen LogP contribution in [0.15, 0.2) is 6.20 Å². The fourth-order valence-electron chi connectivity index (χ4n) is 0.524. The zero-order valence-corrected chi connectivity index (χ0v) is 5.59. The monoisotopic (exact) mass is 144 g/mol. The molecule has 0 aliphatic carbocycles. The first-order valence-electron chi connectivity index (χ1n) is 2.41. The third-order valence-corrected chi connectivity index (χ3v) is 1.46. The van der Waals surface area contributed by atoms with Crippen LogP contribution in [-0.4, -0.2) is 15.4 Å². The molecular formula is C5H5ClN2O. The number of halogens is 1. The van der Waals surface area contributed by atoms with E-state index in [1.54, 1.807) is 6.92 Å². The Balaban J connectivity index is 3.18. The van der Waals surface area contributed by atoms with E-state index in [2.05, 4.69) is 4.98 Å². The molecule has 1 heterocycles.